The van der Waals surface area contributed by atoms with Gasteiger partial charge < -0.3 is 15.3 Å². The molecule has 0 aliphatic carbocycles. The van der Waals surface area contributed by atoms with Gasteiger partial charge in [-0.1, -0.05) is 37.6 Å². The van der Waals surface area contributed by atoms with Crippen molar-refractivity contribution < 1.29 is 41.4 Å². The molecule has 0 unspecified atom stereocenters. The number of piperazine rings is 1. The van der Waals surface area contributed by atoms with E-state index in [2.05, 4.69) is 5.32 Å². The van der Waals surface area contributed by atoms with Crippen LogP contribution in [0, 0.1) is 11.6 Å². The predicted molar refractivity (Wildman–Crippen MR) is 121 cm³/mol. The number of hydrogen-bond donors (Lipinski definition) is 2. The number of anilines is 1. The smallest absolute Gasteiger partial charge is 0.475 e. The van der Waals surface area contributed by atoms with Crippen LogP contribution < -0.4 is 10.2 Å². The van der Waals surface area contributed by atoms with Crippen molar-refractivity contribution in [3.63, 3.8) is 0 Å². The highest BCUT2D eigenvalue weighted by Gasteiger charge is 2.56. The SMILES string of the molecule is CC.O=C(O)C(F)(F)F.O=C1CN(c2ccc(F)cc2F)C(=O)C2(CNC2)N1Cc1ccc(Cl)cc1. The van der Waals surface area contributed by atoms with Gasteiger partial charge in [0.05, 0.1) is 5.69 Å². The number of aliphatic carboxylic acids is 1. The summed E-state index contributed by atoms with van der Waals surface area (Å²) >= 11 is 5.90. The molecule has 2 aromatic carbocycles. The molecule has 0 bridgehead atoms. The van der Waals surface area contributed by atoms with Crippen molar-refractivity contribution in [1.82, 2.24) is 10.2 Å². The Morgan fingerprint density at radius 1 is 1.08 bits per heavy atom. The van der Waals surface area contributed by atoms with E-state index in [4.69, 9.17) is 21.5 Å². The standard InChI is InChI=1S/C19H16ClF2N3O2.C2HF3O2.C2H6/c20-13-3-1-12(2-4-13)8-25-17(26)9-24(18(27)19(25)10-23-11-19)16-6-5-14(21)7-15(16)22;3-2(4,5)1(6)7;1-2/h1-7,23H,8-11H2;(H,6,7);1-2H3. The van der Waals surface area contributed by atoms with E-state index in [1.807, 2.05) is 13.8 Å². The molecule has 2 saturated heterocycles. The van der Waals surface area contributed by atoms with Crippen LogP contribution in [0.5, 0.6) is 0 Å². The average molecular weight is 536 g/mol. The molecular weight excluding hydrogens is 513 g/mol. The molecule has 2 amide bonds. The predicted octanol–water partition coefficient (Wildman–Crippen LogP) is 4.00. The second-order valence-electron chi connectivity index (χ2n) is 7.53. The van der Waals surface area contributed by atoms with Gasteiger partial charge in [0, 0.05) is 30.7 Å². The van der Waals surface area contributed by atoms with Gasteiger partial charge in [0.1, 0.15) is 23.7 Å². The molecule has 0 saturated carbocycles. The first-order valence-electron chi connectivity index (χ1n) is 10.7. The summed E-state index contributed by atoms with van der Waals surface area (Å²) in [5.74, 6) is -5.04. The van der Waals surface area contributed by atoms with E-state index in [-0.39, 0.29) is 43.7 Å². The zero-order valence-corrected chi connectivity index (χ0v) is 20.0. The monoisotopic (exact) mass is 535 g/mol. The van der Waals surface area contributed by atoms with Crippen LogP contribution in [0.3, 0.4) is 0 Å². The van der Waals surface area contributed by atoms with Gasteiger partial charge in [-0.25, -0.2) is 13.6 Å². The molecule has 2 aliphatic rings. The number of hydrogen-bond acceptors (Lipinski definition) is 4. The summed E-state index contributed by atoms with van der Waals surface area (Å²) < 4.78 is 59.2. The van der Waals surface area contributed by atoms with Crippen LogP contribution >= 0.6 is 11.6 Å². The molecule has 0 radical (unpaired) electrons. The largest absolute Gasteiger partial charge is 0.490 e. The van der Waals surface area contributed by atoms with Gasteiger partial charge in [0.2, 0.25) is 5.91 Å². The third-order valence-corrected chi connectivity index (χ3v) is 5.54. The highest BCUT2D eigenvalue weighted by molar-refractivity contribution is 6.30. The molecule has 0 atom stereocenters. The zero-order valence-electron chi connectivity index (χ0n) is 19.2. The fourth-order valence-electron chi connectivity index (χ4n) is 3.51. The molecule has 2 N–H and O–H groups in total. The lowest BCUT2D eigenvalue weighted by Gasteiger charge is -2.54. The van der Waals surface area contributed by atoms with Crippen LogP contribution in [0.4, 0.5) is 27.6 Å². The topological polar surface area (TPSA) is 90.0 Å². The summed E-state index contributed by atoms with van der Waals surface area (Å²) in [6, 6.07) is 10.0. The van der Waals surface area contributed by atoms with Crippen molar-refractivity contribution in [2.24, 2.45) is 0 Å². The van der Waals surface area contributed by atoms with Crippen molar-refractivity contribution in [2.75, 3.05) is 24.5 Å². The lowest BCUT2D eigenvalue weighted by molar-refractivity contribution is -0.192. The Morgan fingerprint density at radius 2 is 1.64 bits per heavy atom. The Hall–Kier alpha value is -3.25. The minimum Gasteiger partial charge on any atom is -0.475 e. The summed E-state index contributed by atoms with van der Waals surface area (Å²) in [4.78, 5) is 37.6. The number of amides is 2. The van der Waals surface area contributed by atoms with E-state index >= 15 is 0 Å². The number of carboxylic acid groups (broad SMARTS) is 1. The third-order valence-electron chi connectivity index (χ3n) is 5.29. The van der Waals surface area contributed by atoms with Crippen LogP contribution in [-0.4, -0.2) is 59.1 Å². The molecule has 196 valence electrons. The van der Waals surface area contributed by atoms with Crippen molar-refractivity contribution >= 4 is 35.1 Å². The number of nitrogens with one attached hydrogen (secondary N) is 1. The second kappa shape index (κ2) is 11.7. The molecular formula is C23H23ClF5N3O4. The quantitative estimate of drug-likeness (QED) is 0.580. The van der Waals surface area contributed by atoms with Crippen molar-refractivity contribution in [1.29, 1.82) is 0 Å². The first-order chi connectivity index (χ1) is 16.8. The molecule has 0 aromatic heterocycles. The Kier molecular flexibility index (Phi) is 9.38. The van der Waals surface area contributed by atoms with E-state index in [1.165, 1.54) is 11.0 Å². The molecule has 2 aromatic rings. The number of halogens is 6. The Balaban J connectivity index is 0.000000440. The molecule has 13 heteroatoms. The highest BCUT2D eigenvalue weighted by Crippen LogP contribution is 2.33. The maximum absolute atomic E-state index is 14.2. The molecule has 1 spiro atoms. The lowest BCUT2D eigenvalue weighted by Crippen LogP contribution is -2.80. The van der Waals surface area contributed by atoms with E-state index in [0.29, 0.717) is 11.1 Å². The molecule has 2 fully saturated rings. The van der Waals surface area contributed by atoms with Crippen molar-refractivity contribution in [3.8, 4) is 0 Å². The zero-order chi connectivity index (χ0) is 27.3. The number of benzene rings is 2. The van der Waals surface area contributed by atoms with Gasteiger partial charge in [-0.15, -0.1) is 0 Å². The van der Waals surface area contributed by atoms with Crippen LogP contribution in [0.25, 0.3) is 0 Å². The normalized spacial score (nSPS) is 16.4. The number of carbonyl (C=O) groups excluding carboxylic acids is 2. The Morgan fingerprint density at radius 3 is 2.08 bits per heavy atom. The van der Waals surface area contributed by atoms with Gasteiger partial charge in [-0.2, -0.15) is 13.2 Å². The van der Waals surface area contributed by atoms with Gasteiger partial charge in [0.25, 0.3) is 5.91 Å². The maximum Gasteiger partial charge on any atom is 0.490 e. The van der Waals surface area contributed by atoms with Crippen LogP contribution in [0.2, 0.25) is 5.02 Å². The third kappa shape index (κ3) is 6.30. The number of nitrogens with zero attached hydrogens (tertiary/aromatic N) is 2. The van der Waals surface area contributed by atoms with Crippen LogP contribution in [-0.2, 0) is 20.9 Å². The molecule has 2 heterocycles. The fourth-order valence-corrected chi connectivity index (χ4v) is 3.63. The summed E-state index contributed by atoms with van der Waals surface area (Å²) in [7, 11) is 0. The molecule has 2 aliphatic heterocycles. The molecule has 36 heavy (non-hydrogen) atoms. The Labute approximate surface area is 208 Å². The minimum absolute atomic E-state index is 0.0906. The minimum atomic E-state index is -5.08. The van der Waals surface area contributed by atoms with Gasteiger partial charge in [0.15, 0.2) is 0 Å². The van der Waals surface area contributed by atoms with E-state index in [0.717, 1.165) is 16.5 Å². The summed E-state index contributed by atoms with van der Waals surface area (Å²) in [6.45, 7) is 4.52. The highest BCUT2D eigenvalue weighted by atomic mass is 35.5. The maximum atomic E-state index is 14.2. The first-order valence-corrected chi connectivity index (χ1v) is 11.1. The van der Waals surface area contributed by atoms with Gasteiger partial charge in [-0.3, -0.25) is 14.5 Å². The van der Waals surface area contributed by atoms with Crippen LogP contribution in [0.15, 0.2) is 42.5 Å². The Bertz CT molecular complexity index is 1110. The van der Waals surface area contributed by atoms with E-state index in [1.54, 1.807) is 24.3 Å². The summed E-state index contributed by atoms with van der Waals surface area (Å²) in [6.07, 6.45) is -5.08. The number of alkyl halides is 3. The number of carbonyl (C=O) groups is 3. The van der Waals surface area contributed by atoms with Crippen molar-refractivity contribution in [2.45, 2.75) is 32.1 Å². The number of rotatable bonds is 3. The lowest BCUT2D eigenvalue weighted by atomic mass is 9.85. The average Bonchev–Trinajstić information content (AvgIpc) is 2.78. The molecule has 7 nitrogen and oxygen atoms in total. The summed E-state index contributed by atoms with van der Waals surface area (Å²) in [5, 5.41) is 10.7. The second-order valence-corrected chi connectivity index (χ2v) is 7.97. The number of carboxylic acids is 1. The summed E-state index contributed by atoms with van der Waals surface area (Å²) in [5.41, 5.74) is -0.323. The van der Waals surface area contributed by atoms with Gasteiger partial charge in [-0.05, 0) is 29.8 Å². The van der Waals surface area contributed by atoms with E-state index in [9.17, 15) is 31.5 Å². The molecule has 4 rings (SSSR count). The first kappa shape index (κ1) is 29.0. The van der Waals surface area contributed by atoms with E-state index < -0.39 is 29.3 Å². The van der Waals surface area contributed by atoms with Crippen molar-refractivity contribution in [3.05, 3.63) is 64.7 Å². The van der Waals surface area contributed by atoms with Gasteiger partial charge >= 0.3 is 12.1 Å². The van der Waals surface area contributed by atoms with Crippen LogP contribution in [0.1, 0.15) is 19.4 Å². The fraction of sp³-hybridized carbons (Fsp3) is 0.348.